The fraction of sp³-hybridized carbons (Fsp3) is 0.786. The summed E-state index contributed by atoms with van der Waals surface area (Å²) in [6.45, 7) is 5.58. The van der Waals surface area contributed by atoms with Crippen LogP contribution in [0, 0.1) is 0 Å². The Morgan fingerprint density at radius 1 is 1.12 bits per heavy atom. The maximum absolute atomic E-state index is 11.0. The van der Waals surface area contributed by atoms with Crippen LogP contribution in [0.3, 0.4) is 0 Å². The van der Waals surface area contributed by atoms with Crippen molar-refractivity contribution in [3.63, 3.8) is 0 Å². The molecule has 94 valence electrons. The van der Waals surface area contributed by atoms with Gasteiger partial charge in [-0.15, -0.1) is 0 Å². The molecule has 1 unspecified atom stereocenters. The predicted molar refractivity (Wildman–Crippen MR) is 68.4 cm³/mol. The molecule has 0 fully saturated rings. The Balaban J connectivity index is 3.20. The summed E-state index contributed by atoms with van der Waals surface area (Å²) in [5.74, 6) is -0.247. The molecule has 0 heterocycles. The van der Waals surface area contributed by atoms with Crippen molar-refractivity contribution >= 4 is 5.78 Å². The smallest absolute Gasteiger partial charge is 0.183 e. The van der Waals surface area contributed by atoms with E-state index in [1.54, 1.807) is 0 Å². The quantitative estimate of drug-likeness (QED) is 0.431. The molecule has 0 aliphatic carbocycles. The van der Waals surface area contributed by atoms with E-state index in [0.29, 0.717) is 6.42 Å². The molecule has 0 spiro atoms. The zero-order valence-electron chi connectivity index (χ0n) is 10.6. The third-order valence-corrected chi connectivity index (χ3v) is 2.86. The summed E-state index contributed by atoms with van der Waals surface area (Å²) in [6, 6.07) is 0. The molecule has 0 bridgehead atoms. The van der Waals surface area contributed by atoms with Gasteiger partial charge in [0.05, 0.1) is 0 Å². The molecule has 1 N–H and O–H groups in total. The predicted octanol–water partition coefficient (Wildman–Crippen LogP) is 3.63. The first kappa shape index (κ1) is 15.4. The Labute approximate surface area is 99.7 Å². The average Bonchev–Trinajstić information content (AvgIpc) is 2.31. The van der Waals surface area contributed by atoms with Crippen LogP contribution in [0.25, 0.3) is 0 Å². The highest BCUT2D eigenvalue weighted by Gasteiger charge is 2.09. The number of carbonyl (C=O) groups excluding carboxylic acids is 1. The lowest BCUT2D eigenvalue weighted by molar-refractivity contribution is -0.122. The SMILES string of the molecule is C=CC(=O)C(O)CCCCCCCCCC. The Morgan fingerprint density at radius 3 is 2.12 bits per heavy atom. The molecule has 0 amide bonds. The van der Waals surface area contributed by atoms with Crippen LogP contribution in [0.2, 0.25) is 0 Å². The molecule has 1 atom stereocenters. The molecule has 2 heteroatoms. The maximum Gasteiger partial charge on any atom is 0.183 e. The van der Waals surface area contributed by atoms with Gasteiger partial charge in [0, 0.05) is 0 Å². The van der Waals surface area contributed by atoms with Gasteiger partial charge in [-0.3, -0.25) is 4.79 Å². The standard InChI is InChI=1S/C14H26O2/c1-3-5-6-7-8-9-10-11-12-14(16)13(15)4-2/h4,14,16H,2-3,5-12H2,1H3. The zero-order valence-corrected chi connectivity index (χ0v) is 10.6. The Kier molecular flexibility index (Phi) is 10.4. The average molecular weight is 226 g/mol. The van der Waals surface area contributed by atoms with Gasteiger partial charge in [0.15, 0.2) is 5.78 Å². The minimum Gasteiger partial charge on any atom is -0.385 e. The zero-order chi connectivity index (χ0) is 12.2. The molecule has 0 aliphatic heterocycles. The summed E-state index contributed by atoms with van der Waals surface area (Å²) >= 11 is 0. The van der Waals surface area contributed by atoms with E-state index in [-0.39, 0.29) is 5.78 Å². The van der Waals surface area contributed by atoms with Crippen LogP contribution in [0.1, 0.15) is 64.7 Å². The van der Waals surface area contributed by atoms with Crippen LogP contribution in [0.15, 0.2) is 12.7 Å². The van der Waals surface area contributed by atoms with E-state index in [2.05, 4.69) is 13.5 Å². The van der Waals surface area contributed by atoms with E-state index in [1.165, 1.54) is 44.6 Å². The number of hydrogen-bond acceptors (Lipinski definition) is 2. The largest absolute Gasteiger partial charge is 0.385 e. The fourth-order valence-corrected chi connectivity index (χ4v) is 1.75. The normalized spacial score (nSPS) is 12.4. The van der Waals surface area contributed by atoms with Gasteiger partial charge in [-0.05, 0) is 12.5 Å². The van der Waals surface area contributed by atoms with Gasteiger partial charge in [-0.1, -0.05) is 64.9 Å². The van der Waals surface area contributed by atoms with E-state index in [1.807, 2.05) is 0 Å². The third-order valence-electron chi connectivity index (χ3n) is 2.86. The molecule has 0 saturated heterocycles. The molecular formula is C14H26O2. The van der Waals surface area contributed by atoms with Crippen LogP contribution in [-0.4, -0.2) is 17.0 Å². The summed E-state index contributed by atoms with van der Waals surface area (Å²) in [5, 5.41) is 9.37. The molecule has 0 aromatic rings. The van der Waals surface area contributed by atoms with Crippen molar-refractivity contribution in [3.8, 4) is 0 Å². The highest BCUT2D eigenvalue weighted by molar-refractivity contribution is 5.92. The van der Waals surface area contributed by atoms with Gasteiger partial charge in [0.1, 0.15) is 6.10 Å². The van der Waals surface area contributed by atoms with Crippen molar-refractivity contribution in [2.75, 3.05) is 0 Å². The lowest BCUT2D eigenvalue weighted by Gasteiger charge is -2.06. The molecule has 0 rings (SSSR count). The number of aliphatic hydroxyl groups is 1. The molecule has 0 saturated carbocycles. The van der Waals surface area contributed by atoms with Gasteiger partial charge in [0.2, 0.25) is 0 Å². The minimum atomic E-state index is -0.822. The summed E-state index contributed by atoms with van der Waals surface area (Å²) in [7, 11) is 0. The molecule has 16 heavy (non-hydrogen) atoms. The van der Waals surface area contributed by atoms with Crippen molar-refractivity contribution in [1.29, 1.82) is 0 Å². The number of carbonyl (C=O) groups is 1. The van der Waals surface area contributed by atoms with E-state index in [9.17, 15) is 9.90 Å². The highest BCUT2D eigenvalue weighted by atomic mass is 16.3. The Hall–Kier alpha value is -0.630. The lowest BCUT2D eigenvalue weighted by Crippen LogP contribution is -2.17. The Bertz CT molecular complexity index is 187. The number of hydrogen-bond donors (Lipinski definition) is 1. The fourth-order valence-electron chi connectivity index (χ4n) is 1.75. The summed E-state index contributed by atoms with van der Waals surface area (Å²) in [5.41, 5.74) is 0. The number of unbranched alkanes of at least 4 members (excludes halogenated alkanes) is 7. The summed E-state index contributed by atoms with van der Waals surface area (Å²) < 4.78 is 0. The first-order valence-corrected chi connectivity index (χ1v) is 6.56. The second kappa shape index (κ2) is 10.9. The molecular weight excluding hydrogens is 200 g/mol. The monoisotopic (exact) mass is 226 g/mol. The van der Waals surface area contributed by atoms with Gasteiger partial charge < -0.3 is 5.11 Å². The van der Waals surface area contributed by atoms with Gasteiger partial charge in [0.25, 0.3) is 0 Å². The highest BCUT2D eigenvalue weighted by Crippen LogP contribution is 2.10. The summed E-state index contributed by atoms with van der Waals surface area (Å²) in [4.78, 5) is 11.0. The number of rotatable bonds is 11. The second-order valence-corrected chi connectivity index (χ2v) is 4.39. The molecule has 0 radical (unpaired) electrons. The maximum atomic E-state index is 11.0. The first-order valence-electron chi connectivity index (χ1n) is 6.56. The van der Waals surface area contributed by atoms with E-state index in [4.69, 9.17) is 0 Å². The van der Waals surface area contributed by atoms with Crippen LogP contribution < -0.4 is 0 Å². The van der Waals surface area contributed by atoms with Crippen molar-refractivity contribution in [1.82, 2.24) is 0 Å². The van der Waals surface area contributed by atoms with Crippen LogP contribution in [0.5, 0.6) is 0 Å². The molecule has 2 nitrogen and oxygen atoms in total. The molecule has 0 aliphatic rings. The minimum absolute atomic E-state index is 0.247. The van der Waals surface area contributed by atoms with Gasteiger partial charge in [-0.2, -0.15) is 0 Å². The number of ketones is 1. The van der Waals surface area contributed by atoms with Crippen molar-refractivity contribution < 1.29 is 9.90 Å². The lowest BCUT2D eigenvalue weighted by atomic mass is 10.0. The topological polar surface area (TPSA) is 37.3 Å². The van der Waals surface area contributed by atoms with E-state index in [0.717, 1.165) is 12.8 Å². The van der Waals surface area contributed by atoms with Crippen molar-refractivity contribution in [2.45, 2.75) is 70.8 Å². The van der Waals surface area contributed by atoms with Crippen LogP contribution >= 0.6 is 0 Å². The van der Waals surface area contributed by atoms with Gasteiger partial charge in [-0.25, -0.2) is 0 Å². The second-order valence-electron chi connectivity index (χ2n) is 4.39. The third kappa shape index (κ3) is 8.66. The first-order chi connectivity index (χ1) is 7.72. The Morgan fingerprint density at radius 2 is 1.62 bits per heavy atom. The van der Waals surface area contributed by atoms with Crippen molar-refractivity contribution in [2.24, 2.45) is 0 Å². The van der Waals surface area contributed by atoms with E-state index >= 15 is 0 Å². The van der Waals surface area contributed by atoms with E-state index < -0.39 is 6.10 Å². The number of aliphatic hydroxyl groups excluding tert-OH is 1. The van der Waals surface area contributed by atoms with Crippen molar-refractivity contribution in [3.05, 3.63) is 12.7 Å². The van der Waals surface area contributed by atoms with Gasteiger partial charge >= 0.3 is 0 Å². The summed E-state index contributed by atoms with van der Waals surface area (Å²) in [6.07, 6.45) is 10.8. The molecule has 0 aromatic carbocycles. The molecule has 0 aromatic heterocycles. The van der Waals surface area contributed by atoms with Crippen LogP contribution in [-0.2, 0) is 4.79 Å². The van der Waals surface area contributed by atoms with Crippen LogP contribution in [0.4, 0.5) is 0 Å².